The summed E-state index contributed by atoms with van der Waals surface area (Å²) in [6.45, 7) is 6.01. The van der Waals surface area contributed by atoms with E-state index in [9.17, 15) is 20.2 Å². The number of hydrogen-bond donors (Lipinski definition) is 0. The van der Waals surface area contributed by atoms with Gasteiger partial charge in [-0.2, -0.15) is 0 Å². The SMILES string of the molecule is COc1cccc2c1OP(OC(c1ccccc1[N+](=O)[O-])c1ccccc1[N+](=O)[O-])N(C(C)C)C2C. The molecule has 10 nitrogen and oxygen atoms in total. The minimum Gasteiger partial charge on any atom is -0.493 e. The summed E-state index contributed by atoms with van der Waals surface area (Å²) in [4.78, 5) is 22.8. The second-order valence-electron chi connectivity index (χ2n) is 8.47. The van der Waals surface area contributed by atoms with Crippen LogP contribution < -0.4 is 9.26 Å². The molecule has 1 aliphatic rings. The van der Waals surface area contributed by atoms with Crippen molar-refractivity contribution in [1.82, 2.24) is 4.67 Å². The zero-order valence-electron chi connectivity index (χ0n) is 20.2. The highest BCUT2D eigenvalue weighted by Gasteiger charge is 2.42. The lowest BCUT2D eigenvalue weighted by molar-refractivity contribution is -0.387. The molecule has 1 aliphatic heterocycles. The quantitative estimate of drug-likeness (QED) is 0.186. The van der Waals surface area contributed by atoms with Crippen LogP contribution in [-0.4, -0.2) is 27.7 Å². The Balaban J connectivity index is 1.88. The molecule has 0 N–H and O–H groups in total. The van der Waals surface area contributed by atoms with Crippen LogP contribution in [0.1, 0.15) is 49.6 Å². The molecule has 0 radical (unpaired) electrons. The van der Waals surface area contributed by atoms with Crippen molar-refractivity contribution < 1.29 is 23.6 Å². The molecule has 0 bridgehead atoms. The van der Waals surface area contributed by atoms with Crippen molar-refractivity contribution in [1.29, 1.82) is 0 Å². The molecule has 11 heteroatoms. The Hall–Kier alpha value is -3.59. The van der Waals surface area contributed by atoms with E-state index in [1.165, 1.54) is 12.1 Å². The summed E-state index contributed by atoms with van der Waals surface area (Å²) in [6.07, 6.45) is -1.14. The molecule has 3 aromatic rings. The van der Waals surface area contributed by atoms with E-state index in [0.717, 1.165) is 5.56 Å². The largest absolute Gasteiger partial charge is 0.493 e. The fourth-order valence-corrected chi connectivity index (χ4v) is 6.15. The van der Waals surface area contributed by atoms with Gasteiger partial charge < -0.3 is 9.26 Å². The highest BCUT2D eigenvalue weighted by Crippen LogP contribution is 2.60. The fourth-order valence-electron chi connectivity index (χ4n) is 4.36. The Kier molecular flexibility index (Phi) is 7.49. The van der Waals surface area contributed by atoms with Gasteiger partial charge in [0.15, 0.2) is 11.5 Å². The molecule has 0 amide bonds. The molecular formula is C25H26N3O7P. The number of nitro benzene ring substituents is 2. The van der Waals surface area contributed by atoms with E-state index >= 15 is 0 Å². The number of nitrogens with zero attached hydrogens (tertiary/aromatic N) is 3. The van der Waals surface area contributed by atoms with Crippen LogP contribution in [0.15, 0.2) is 66.7 Å². The Morgan fingerprint density at radius 2 is 1.47 bits per heavy atom. The van der Waals surface area contributed by atoms with Gasteiger partial charge in [0.2, 0.25) is 0 Å². The standard InChI is InChI=1S/C25H26N3O7P/c1-16(2)26-17(3)18-12-9-15-23(33-4)25(18)35-36(26)34-24(19-10-5-7-13-21(19)27(29)30)20-11-6-8-14-22(20)28(31)32/h5-17,24H,1-4H3. The first-order valence-corrected chi connectivity index (χ1v) is 12.4. The van der Waals surface area contributed by atoms with Crippen molar-refractivity contribution in [3.05, 3.63) is 104 Å². The van der Waals surface area contributed by atoms with E-state index in [-0.39, 0.29) is 34.6 Å². The third kappa shape index (κ3) is 4.75. The van der Waals surface area contributed by atoms with Crippen LogP contribution in [0.5, 0.6) is 11.5 Å². The lowest BCUT2D eigenvalue weighted by atomic mass is 9.98. The van der Waals surface area contributed by atoms with Crippen molar-refractivity contribution >= 4 is 19.9 Å². The summed E-state index contributed by atoms with van der Waals surface area (Å²) in [5.74, 6) is 1.06. The molecule has 2 unspecified atom stereocenters. The van der Waals surface area contributed by atoms with E-state index in [0.29, 0.717) is 11.5 Å². The van der Waals surface area contributed by atoms with Gasteiger partial charge in [0.1, 0.15) is 6.10 Å². The molecule has 4 rings (SSSR count). The summed E-state index contributed by atoms with van der Waals surface area (Å²) < 4.78 is 20.5. The molecule has 0 fully saturated rings. The van der Waals surface area contributed by atoms with Crippen LogP contribution in [0.4, 0.5) is 11.4 Å². The van der Waals surface area contributed by atoms with Crippen LogP contribution in [-0.2, 0) is 4.52 Å². The highest BCUT2D eigenvalue weighted by molar-refractivity contribution is 7.45. The highest BCUT2D eigenvalue weighted by atomic mass is 31.2. The van der Waals surface area contributed by atoms with E-state index in [1.807, 2.05) is 37.6 Å². The summed E-state index contributed by atoms with van der Waals surface area (Å²) in [5.41, 5.74) is 0.915. The molecular weight excluding hydrogens is 485 g/mol. The maximum Gasteiger partial charge on any atom is 0.322 e. The van der Waals surface area contributed by atoms with Gasteiger partial charge in [0.25, 0.3) is 11.4 Å². The lowest BCUT2D eigenvalue weighted by Crippen LogP contribution is -2.34. The van der Waals surface area contributed by atoms with E-state index in [4.69, 9.17) is 13.8 Å². The number of benzene rings is 3. The van der Waals surface area contributed by atoms with Crippen molar-refractivity contribution in [2.75, 3.05) is 7.11 Å². The maximum atomic E-state index is 11.9. The van der Waals surface area contributed by atoms with Crippen LogP contribution in [0.3, 0.4) is 0 Å². The number of methoxy groups -OCH3 is 1. The predicted molar refractivity (Wildman–Crippen MR) is 135 cm³/mol. The van der Waals surface area contributed by atoms with Crippen LogP contribution in [0.25, 0.3) is 0 Å². The first-order chi connectivity index (χ1) is 17.2. The summed E-state index contributed by atoms with van der Waals surface area (Å²) >= 11 is 0. The predicted octanol–water partition coefficient (Wildman–Crippen LogP) is 6.71. The zero-order chi connectivity index (χ0) is 26.0. The van der Waals surface area contributed by atoms with Crippen molar-refractivity contribution in [2.24, 2.45) is 0 Å². The second-order valence-corrected chi connectivity index (χ2v) is 9.81. The van der Waals surface area contributed by atoms with E-state index in [1.54, 1.807) is 49.6 Å². The van der Waals surface area contributed by atoms with Gasteiger partial charge in [0, 0.05) is 29.8 Å². The minimum atomic E-state index is -1.86. The molecule has 3 aromatic carbocycles. The number of hydrogen-bond acceptors (Lipinski definition) is 8. The smallest absolute Gasteiger partial charge is 0.322 e. The third-order valence-electron chi connectivity index (χ3n) is 5.99. The van der Waals surface area contributed by atoms with Crippen molar-refractivity contribution in [2.45, 2.75) is 39.0 Å². The van der Waals surface area contributed by atoms with Gasteiger partial charge in [-0.15, -0.1) is 0 Å². The van der Waals surface area contributed by atoms with Gasteiger partial charge in [-0.25, -0.2) is 4.67 Å². The molecule has 0 aliphatic carbocycles. The van der Waals surface area contributed by atoms with E-state index in [2.05, 4.69) is 0 Å². The van der Waals surface area contributed by atoms with Crippen LogP contribution in [0, 0.1) is 20.2 Å². The van der Waals surface area contributed by atoms with Gasteiger partial charge in [-0.1, -0.05) is 36.4 Å². The Morgan fingerprint density at radius 1 is 0.917 bits per heavy atom. The van der Waals surface area contributed by atoms with Crippen molar-refractivity contribution in [3.63, 3.8) is 0 Å². The zero-order valence-corrected chi connectivity index (χ0v) is 21.1. The maximum absolute atomic E-state index is 11.9. The van der Waals surface area contributed by atoms with Gasteiger partial charge in [0.05, 0.1) is 28.1 Å². The summed E-state index contributed by atoms with van der Waals surface area (Å²) in [6, 6.07) is 17.7. The Labute approximate surface area is 209 Å². The van der Waals surface area contributed by atoms with Crippen LogP contribution >= 0.6 is 8.53 Å². The number of fused-ring (bicyclic) bond motifs is 1. The molecule has 0 spiro atoms. The number of para-hydroxylation sites is 3. The van der Waals surface area contributed by atoms with Crippen molar-refractivity contribution in [3.8, 4) is 11.5 Å². The summed E-state index contributed by atoms with van der Waals surface area (Å²) in [7, 11) is -0.318. The molecule has 0 saturated heterocycles. The third-order valence-corrected chi connectivity index (χ3v) is 7.91. The Bertz CT molecular complexity index is 1230. The molecule has 188 valence electrons. The molecule has 0 aromatic heterocycles. The first-order valence-electron chi connectivity index (χ1n) is 11.3. The topological polar surface area (TPSA) is 117 Å². The second kappa shape index (κ2) is 10.6. The summed E-state index contributed by atoms with van der Waals surface area (Å²) in [5, 5.41) is 23.8. The monoisotopic (exact) mass is 511 g/mol. The Morgan fingerprint density at radius 3 is 1.97 bits per heavy atom. The molecule has 2 atom stereocenters. The van der Waals surface area contributed by atoms with E-state index < -0.39 is 24.5 Å². The first kappa shape index (κ1) is 25.5. The number of nitro groups is 2. The van der Waals surface area contributed by atoms with Gasteiger partial charge in [-0.05, 0) is 39.0 Å². The average Bonchev–Trinajstić information content (AvgIpc) is 2.86. The molecule has 0 saturated carbocycles. The fraction of sp³-hybridized carbons (Fsp3) is 0.280. The number of ether oxygens (including phenoxy) is 1. The average molecular weight is 511 g/mol. The van der Waals surface area contributed by atoms with Gasteiger partial charge >= 0.3 is 8.53 Å². The normalized spacial score (nSPS) is 17.5. The minimum absolute atomic E-state index is 0.0253. The van der Waals surface area contributed by atoms with Crippen LogP contribution in [0.2, 0.25) is 0 Å². The molecule has 1 heterocycles. The lowest BCUT2D eigenvalue weighted by Gasteiger charge is -2.42. The van der Waals surface area contributed by atoms with Gasteiger partial charge in [-0.3, -0.25) is 24.8 Å². The molecule has 36 heavy (non-hydrogen) atoms. The number of rotatable bonds is 8.